The Morgan fingerprint density at radius 2 is 1.76 bits per heavy atom. The molecule has 5 aromatic rings. The van der Waals surface area contributed by atoms with Gasteiger partial charge in [0.15, 0.2) is 11.4 Å². The highest BCUT2D eigenvalue weighted by atomic mass is 19.1. The van der Waals surface area contributed by atoms with Crippen molar-refractivity contribution in [3.05, 3.63) is 60.5 Å². The van der Waals surface area contributed by atoms with Crippen LogP contribution in [0.5, 0.6) is 0 Å². The zero-order chi connectivity index (χ0) is 25.4. The number of nitrogen functional groups attached to an aromatic ring is 1. The molecular formula is C26H28F2N8O. The van der Waals surface area contributed by atoms with Gasteiger partial charge in [-0.2, -0.15) is 9.50 Å². The number of nitrogens with zero attached hydrogens (tertiary/aromatic N) is 7. The van der Waals surface area contributed by atoms with E-state index in [0.717, 1.165) is 75.6 Å². The lowest BCUT2D eigenvalue weighted by Gasteiger charge is -2.36. The van der Waals surface area contributed by atoms with Crippen molar-refractivity contribution in [3.8, 4) is 11.6 Å². The zero-order valence-electron chi connectivity index (χ0n) is 20.4. The molecule has 11 heteroatoms. The predicted octanol–water partition coefficient (Wildman–Crippen LogP) is 4.19. The first kappa shape index (κ1) is 23.4. The molecule has 6 rings (SSSR count). The van der Waals surface area contributed by atoms with E-state index in [9.17, 15) is 8.78 Å². The van der Waals surface area contributed by atoms with E-state index >= 15 is 0 Å². The molecule has 4 aromatic heterocycles. The molecule has 1 aliphatic rings. The Morgan fingerprint density at radius 1 is 0.919 bits per heavy atom. The molecule has 0 aliphatic carbocycles. The molecule has 2 N–H and O–H groups in total. The highest BCUT2D eigenvalue weighted by Gasteiger charge is 2.20. The van der Waals surface area contributed by atoms with Crippen molar-refractivity contribution in [2.75, 3.05) is 43.4 Å². The van der Waals surface area contributed by atoms with Crippen molar-refractivity contribution in [2.45, 2.75) is 25.8 Å². The first-order valence-electron chi connectivity index (χ1n) is 12.5. The Kier molecular flexibility index (Phi) is 6.21. The summed E-state index contributed by atoms with van der Waals surface area (Å²) in [6.45, 7) is 5.07. The quantitative estimate of drug-likeness (QED) is 0.316. The lowest BCUT2D eigenvalue weighted by molar-refractivity contribution is 0.251. The fraction of sp³-hybridized carbons (Fsp3) is 0.346. The minimum Gasteiger partial charge on any atom is -0.461 e. The van der Waals surface area contributed by atoms with Gasteiger partial charge in [-0.3, -0.25) is 4.90 Å². The molecular weight excluding hydrogens is 478 g/mol. The minimum absolute atomic E-state index is 0.285. The Labute approximate surface area is 212 Å². The standard InChI is InChI=1S/C26H28F2N8O/c27-18-6-7-21(20(28)17-18)34-14-12-33(13-15-34)9-2-1-3-10-35-11-8-19-24(35)31-26(29)36-25(19)30-23(32-36)22-5-4-16-37-22/h4-8,11,16-17H,1-3,9-10,12-15H2,(H2,29,31). The van der Waals surface area contributed by atoms with Gasteiger partial charge in [0.2, 0.25) is 11.8 Å². The van der Waals surface area contributed by atoms with Crippen molar-refractivity contribution >= 4 is 28.3 Å². The van der Waals surface area contributed by atoms with E-state index in [4.69, 9.17) is 10.2 Å². The van der Waals surface area contributed by atoms with Crippen LogP contribution in [0.1, 0.15) is 19.3 Å². The molecule has 192 valence electrons. The summed E-state index contributed by atoms with van der Waals surface area (Å²) in [5, 5.41) is 5.35. The molecule has 0 saturated carbocycles. The summed E-state index contributed by atoms with van der Waals surface area (Å²) in [4.78, 5) is 13.6. The number of rotatable bonds is 8. The van der Waals surface area contributed by atoms with Gasteiger partial charge in [0.1, 0.15) is 17.3 Å². The molecule has 0 spiro atoms. The zero-order valence-corrected chi connectivity index (χ0v) is 20.4. The van der Waals surface area contributed by atoms with Crippen molar-refractivity contribution in [3.63, 3.8) is 0 Å². The Balaban J connectivity index is 1.01. The predicted molar refractivity (Wildman–Crippen MR) is 137 cm³/mol. The molecule has 37 heavy (non-hydrogen) atoms. The second-order valence-electron chi connectivity index (χ2n) is 9.35. The normalized spacial score (nSPS) is 14.8. The van der Waals surface area contributed by atoms with E-state index in [1.807, 2.05) is 23.2 Å². The van der Waals surface area contributed by atoms with Gasteiger partial charge in [0.05, 0.1) is 17.3 Å². The number of piperazine rings is 1. The number of aromatic nitrogens is 5. The number of hydrogen-bond donors (Lipinski definition) is 1. The molecule has 0 amide bonds. The number of anilines is 2. The highest BCUT2D eigenvalue weighted by Crippen LogP contribution is 2.25. The molecule has 1 saturated heterocycles. The van der Waals surface area contributed by atoms with Gasteiger partial charge in [-0.15, -0.1) is 5.10 Å². The number of unbranched alkanes of at least 4 members (excludes halogenated alkanes) is 2. The van der Waals surface area contributed by atoms with Crippen LogP contribution in [0.2, 0.25) is 0 Å². The van der Waals surface area contributed by atoms with Gasteiger partial charge >= 0.3 is 0 Å². The number of hydrogen-bond acceptors (Lipinski definition) is 7. The number of nitrogens with two attached hydrogens (primary N) is 1. The van der Waals surface area contributed by atoms with E-state index in [1.165, 1.54) is 12.1 Å². The summed E-state index contributed by atoms with van der Waals surface area (Å²) in [6.07, 6.45) is 6.79. The smallest absolute Gasteiger partial charge is 0.225 e. The Hall–Kier alpha value is -3.99. The van der Waals surface area contributed by atoms with Gasteiger partial charge in [-0.05, 0) is 49.7 Å². The van der Waals surface area contributed by atoms with E-state index < -0.39 is 11.6 Å². The number of benzene rings is 1. The number of fused-ring (bicyclic) bond motifs is 3. The molecule has 0 unspecified atom stereocenters. The van der Waals surface area contributed by atoms with Gasteiger partial charge in [-0.25, -0.2) is 13.8 Å². The fourth-order valence-electron chi connectivity index (χ4n) is 5.00. The first-order valence-corrected chi connectivity index (χ1v) is 12.5. The molecule has 0 bridgehead atoms. The Morgan fingerprint density at radius 3 is 2.54 bits per heavy atom. The van der Waals surface area contributed by atoms with Crippen LogP contribution >= 0.6 is 0 Å². The van der Waals surface area contributed by atoms with Crippen LogP contribution < -0.4 is 10.6 Å². The topological polar surface area (TPSA) is 93.6 Å². The van der Waals surface area contributed by atoms with Gasteiger partial charge in [0, 0.05) is 45.0 Å². The average molecular weight is 507 g/mol. The van der Waals surface area contributed by atoms with Crippen LogP contribution in [-0.4, -0.2) is 61.8 Å². The van der Waals surface area contributed by atoms with Crippen molar-refractivity contribution in [2.24, 2.45) is 0 Å². The largest absolute Gasteiger partial charge is 0.461 e. The number of aryl methyl sites for hydroxylation is 1. The van der Waals surface area contributed by atoms with Gasteiger partial charge in [0.25, 0.3) is 0 Å². The number of halogens is 2. The molecule has 1 aliphatic heterocycles. The van der Waals surface area contributed by atoms with Crippen molar-refractivity contribution in [1.82, 2.24) is 29.0 Å². The maximum Gasteiger partial charge on any atom is 0.225 e. The summed E-state index contributed by atoms with van der Waals surface area (Å²) in [5.41, 5.74) is 8.14. The third kappa shape index (κ3) is 4.62. The lowest BCUT2D eigenvalue weighted by atomic mass is 10.2. The molecule has 1 fully saturated rings. The van der Waals surface area contributed by atoms with E-state index in [1.54, 1.807) is 16.8 Å². The second-order valence-corrected chi connectivity index (χ2v) is 9.35. The fourth-order valence-corrected chi connectivity index (χ4v) is 5.00. The van der Waals surface area contributed by atoms with Crippen molar-refractivity contribution < 1.29 is 13.2 Å². The van der Waals surface area contributed by atoms with Crippen LogP contribution in [0.4, 0.5) is 20.4 Å². The van der Waals surface area contributed by atoms with Crippen LogP contribution in [0.25, 0.3) is 28.3 Å². The third-order valence-electron chi connectivity index (χ3n) is 6.96. The second kappa shape index (κ2) is 9.81. The molecule has 0 radical (unpaired) electrons. The van der Waals surface area contributed by atoms with Crippen LogP contribution in [0.3, 0.4) is 0 Å². The molecule has 5 heterocycles. The molecule has 9 nitrogen and oxygen atoms in total. The first-order chi connectivity index (χ1) is 18.1. The lowest BCUT2D eigenvalue weighted by Crippen LogP contribution is -2.46. The summed E-state index contributed by atoms with van der Waals surface area (Å²) in [6, 6.07) is 9.40. The maximum absolute atomic E-state index is 14.1. The van der Waals surface area contributed by atoms with Crippen LogP contribution in [0, 0.1) is 11.6 Å². The third-order valence-corrected chi connectivity index (χ3v) is 6.96. The van der Waals surface area contributed by atoms with Crippen LogP contribution in [0.15, 0.2) is 53.3 Å². The number of furan rings is 1. The summed E-state index contributed by atoms with van der Waals surface area (Å²) in [5.74, 6) is 0.303. The average Bonchev–Trinajstić information content (AvgIpc) is 3.65. The van der Waals surface area contributed by atoms with Crippen LogP contribution in [-0.2, 0) is 6.54 Å². The maximum atomic E-state index is 14.1. The Bertz CT molecular complexity index is 1520. The summed E-state index contributed by atoms with van der Waals surface area (Å²) >= 11 is 0. The highest BCUT2D eigenvalue weighted by molar-refractivity contribution is 5.91. The molecule has 1 aromatic carbocycles. The molecule has 0 atom stereocenters. The van der Waals surface area contributed by atoms with Gasteiger partial charge < -0.3 is 19.6 Å². The van der Waals surface area contributed by atoms with Gasteiger partial charge in [-0.1, -0.05) is 6.42 Å². The van der Waals surface area contributed by atoms with E-state index in [0.29, 0.717) is 22.9 Å². The summed E-state index contributed by atoms with van der Waals surface area (Å²) in [7, 11) is 0. The van der Waals surface area contributed by atoms with E-state index in [2.05, 4.69) is 24.5 Å². The SMILES string of the molecule is Nc1nc2c(ccn2CCCCCN2CCN(c3ccc(F)cc3F)CC2)c2nc(-c3ccco3)nn12. The van der Waals surface area contributed by atoms with E-state index in [-0.39, 0.29) is 5.95 Å². The van der Waals surface area contributed by atoms with Crippen molar-refractivity contribution in [1.29, 1.82) is 0 Å². The minimum atomic E-state index is -0.543. The monoisotopic (exact) mass is 506 g/mol. The summed E-state index contributed by atoms with van der Waals surface area (Å²) < 4.78 is 36.3.